The van der Waals surface area contributed by atoms with Crippen molar-refractivity contribution in [1.29, 1.82) is 0 Å². The van der Waals surface area contributed by atoms with Gasteiger partial charge in [-0.15, -0.1) is 0 Å². The summed E-state index contributed by atoms with van der Waals surface area (Å²) in [5.41, 5.74) is 0. The van der Waals surface area contributed by atoms with Gasteiger partial charge in [-0.25, -0.2) is 0 Å². The van der Waals surface area contributed by atoms with E-state index in [2.05, 4.69) is 0 Å². The van der Waals surface area contributed by atoms with Crippen LogP contribution in [0, 0.1) is 0 Å². The molecule has 4 nitrogen and oxygen atoms in total. The van der Waals surface area contributed by atoms with E-state index in [1.807, 2.05) is 13.8 Å². The summed E-state index contributed by atoms with van der Waals surface area (Å²) in [7, 11) is 0. The van der Waals surface area contributed by atoms with Crippen molar-refractivity contribution in [2.24, 2.45) is 0 Å². The van der Waals surface area contributed by atoms with Crippen LogP contribution in [0.15, 0.2) is 0 Å². The van der Waals surface area contributed by atoms with Gasteiger partial charge in [0.15, 0.2) is 0 Å². The molecule has 0 unspecified atom stereocenters. The average Bonchev–Trinajstić information content (AvgIpc) is 2.33. The van der Waals surface area contributed by atoms with Gasteiger partial charge in [0.2, 0.25) is 0 Å². The molecule has 0 aromatic carbocycles. The van der Waals surface area contributed by atoms with Crippen molar-refractivity contribution in [3.05, 3.63) is 0 Å². The second kappa shape index (κ2) is 16.0. The Balaban J connectivity index is 0. The molecule has 0 N–H and O–H groups in total. The summed E-state index contributed by atoms with van der Waals surface area (Å²) in [5.74, 6) is -0.195. The molecule has 0 heterocycles. The quantitative estimate of drug-likeness (QED) is 0.332. The minimum Gasteiger partial charge on any atom is -0.466 e. The van der Waals surface area contributed by atoms with E-state index in [0.29, 0.717) is 26.1 Å². The van der Waals surface area contributed by atoms with Gasteiger partial charge in [-0.1, -0.05) is 25.7 Å². The van der Waals surface area contributed by atoms with Crippen LogP contribution in [-0.4, -0.2) is 54.7 Å². The summed E-state index contributed by atoms with van der Waals surface area (Å²) in [4.78, 5) is 22.1. The van der Waals surface area contributed by atoms with E-state index in [1.165, 1.54) is 0 Å². The van der Waals surface area contributed by atoms with Gasteiger partial charge in [0.1, 0.15) is 0 Å². The van der Waals surface area contributed by atoms with Gasteiger partial charge in [-0.05, 0) is 26.7 Å². The summed E-state index contributed by atoms with van der Waals surface area (Å²) < 4.78 is 9.69. The molecule has 0 amide bonds. The first-order valence-electron chi connectivity index (χ1n) is 7.02. The van der Waals surface area contributed by atoms with Crippen LogP contribution in [0.5, 0.6) is 0 Å². The molecule has 0 rings (SSSR count). The maximum atomic E-state index is 11.0. The minimum atomic E-state index is -0.0974. The van der Waals surface area contributed by atoms with Crippen molar-refractivity contribution in [3.8, 4) is 0 Å². The monoisotopic (exact) mass is 281 g/mol. The fourth-order valence-corrected chi connectivity index (χ4v) is 1.71. The summed E-state index contributed by atoms with van der Waals surface area (Å²) in [6.45, 7) is 4.57. The Kier molecular flexibility index (Phi) is 17.9. The SMILES string of the molecule is CCOC(=O)CCCCCCCCC(=O)OCC.[Na]. The zero-order valence-corrected chi connectivity index (χ0v) is 14.7. The first-order chi connectivity index (χ1) is 8.70. The van der Waals surface area contributed by atoms with Crippen LogP contribution in [0.3, 0.4) is 0 Å². The zero-order valence-electron chi connectivity index (χ0n) is 12.7. The van der Waals surface area contributed by atoms with Crippen molar-refractivity contribution in [1.82, 2.24) is 0 Å². The van der Waals surface area contributed by atoms with Gasteiger partial charge in [0.25, 0.3) is 0 Å². The summed E-state index contributed by atoms with van der Waals surface area (Å²) >= 11 is 0. The van der Waals surface area contributed by atoms with E-state index in [4.69, 9.17) is 9.47 Å². The molecule has 1 radical (unpaired) electrons. The Morgan fingerprint density at radius 3 is 1.32 bits per heavy atom. The van der Waals surface area contributed by atoms with Crippen LogP contribution in [-0.2, 0) is 19.1 Å². The third-order valence-corrected chi connectivity index (χ3v) is 2.62. The summed E-state index contributed by atoms with van der Waals surface area (Å²) in [6.07, 6.45) is 7.18. The number of esters is 2. The molecule has 0 aromatic heterocycles. The third kappa shape index (κ3) is 15.9. The Hall–Kier alpha value is -0.0600. The third-order valence-electron chi connectivity index (χ3n) is 2.62. The van der Waals surface area contributed by atoms with E-state index >= 15 is 0 Å². The maximum absolute atomic E-state index is 11.0. The molecular weight excluding hydrogens is 255 g/mol. The van der Waals surface area contributed by atoms with E-state index in [9.17, 15) is 9.59 Å². The number of rotatable bonds is 11. The topological polar surface area (TPSA) is 52.6 Å². The van der Waals surface area contributed by atoms with Crippen molar-refractivity contribution < 1.29 is 19.1 Å². The standard InChI is InChI=1S/C14H26O4.Na/c1-3-17-13(15)11-9-7-5-6-8-10-12-14(16)18-4-2;/h3-12H2,1-2H3;. The number of hydrogen-bond acceptors (Lipinski definition) is 4. The Morgan fingerprint density at radius 2 is 1.00 bits per heavy atom. The van der Waals surface area contributed by atoms with Crippen molar-refractivity contribution >= 4 is 41.5 Å². The number of unbranched alkanes of at least 4 members (excludes halogenated alkanes) is 5. The van der Waals surface area contributed by atoms with E-state index in [1.54, 1.807) is 0 Å². The van der Waals surface area contributed by atoms with Crippen LogP contribution >= 0.6 is 0 Å². The molecule has 0 atom stereocenters. The predicted octanol–water partition coefficient (Wildman–Crippen LogP) is 2.85. The summed E-state index contributed by atoms with van der Waals surface area (Å²) in [5, 5.41) is 0. The van der Waals surface area contributed by atoms with Gasteiger partial charge < -0.3 is 9.47 Å². The first kappa shape index (κ1) is 21.2. The molecule has 5 heteroatoms. The minimum absolute atomic E-state index is 0. The van der Waals surface area contributed by atoms with Gasteiger partial charge in [0, 0.05) is 42.4 Å². The van der Waals surface area contributed by atoms with Gasteiger partial charge >= 0.3 is 11.9 Å². The Labute approximate surface area is 138 Å². The van der Waals surface area contributed by atoms with Crippen LogP contribution in [0.1, 0.15) is 65.2 Å². The number of carbonyl (C=O) groups is 2. The van der Waals surface area contributed by atoms with Crippen molar-refractivity contribution in [2.75, 3.05) is 13.2 Å². The summed E-state index contributed by atoms with van der Waals surface area (Å²) in [6, 6.07) is 0. The molecule has 0 aliphatic carbocycles. The second-order valence-corrected chi connectivity index (χ2v) is 4.23. The molecular formula is C14H26NaO4. The predicted molar refractivity (Wildman–Crippen MR) is 76.0 cm³/mol. The van der Waals surface area contributed by atoms with Crippen molar-refractivity contribution in [3.63, 3.8) is 0 Å². The fraction of sp³-hybridized carbons (Fsp3) is 0.857. The van der Waals surface area contributed by atoms with Gasteiger partial charge in [-0.3, -0.25) is 9.59 Å². The molecule has 0 saturated carbocycles. The van der Waals surface area contributed by atoms with Crippen LogP contribution in [0.2, 0.25) is 0 Å². The average molecular weight is 281 g/mol. The zero-order chi connectivity index (χ0) is 13.6. The first-order valence-corrected chi connectivity index (χ1v) is 7.02. The van der Waals surface area contributed by atoms with E-state index in [0.717, 1.165) is 38.5 Å². The molecule has 0 bridgehead atoms. The molecule has 0 fully saturated rings. The largest absolute Gasteiger partial charge is 0.466 e. The molecule has 0 spiro atoms. The molecule has 107 valence electrons. The second-order valence-electron chi connectivity index (χ2n) is 4.23. The van der Waals surface area contributed by atoms with Crippen LogP contribution in [0.25, 0.3) is 0 Å². The van der Waals surface area contributed by atoms with Gasteiger partial charge in [-0.2, -0.15) is 0 Å². The Morgan fingerprint density at radius 1 is 0.684 bits per heavy atom. The van der Waals surface area contributed by atoms with E-state index < -0.39 is 0 Å². The Bertz CT molecular complexity index is 207. The number of ether oxygens (including phenoxy) is 2. The fourth-order valence-electron chi connectivity index (χ4n) is 1.71. The maximum Gasteiger partial charge on any atom is 0.305 e. The normalized spacial score (nSPS) is 9.58. The number of hydrogen-bond donors (Lipinski definition) is 0. The molecule has 0 saturated heterocycles. The van der Waals surface area contributed by atoms with Gasteiger partial charge in [0.05, 0.1) is 13.2 Å². The van der Waals surface area contributed by atoms with E-state index in [-0.39, 0.29) is 41.5 Å². The smallest absolute Gasteiger partial charge is 0.305 e. The molecule has 0 aliphatic rings. The van der Waals surface area contributed by atoms with Crippen molar-refractivity contribution in [2.45, 2.75) is 65.2 Å². The molecule has 0 aliphatic heterocycles. The number of carbonyl (C=O) groups excluding carboxylic acids is 2. The van der Waals surface area contributed by atoms with Crippen LogP contribution in [0.4, 0.5) is 0 Å². The molecule has 0 aromatic rings. The molecule has 19 heavy (non-hydrogen) atoms. The van der Waals surface area contributed by atoms with Crippen LogP contribution < -0.4 is 0 Å².